The number of hydrogen-bond acceptors (Lipinski definition) is 3. The van der Waals surface area contributed by atoms with Crippen LogP contribution in [-0.4, -0.2) is 19.3 Å². The van der Waals surface area contributed by atoms with Crippen molar-refractivity contribution in [3.05, 3.63) is 28.8 Å². The van der Waals surface area contributed by atoms with E-state index in [0.29, 0.717) is 19.8 Å². The highest BCUT2D eigenvalue weighted by Crippen LogP contribution is 2.24. The van der Waals surface area contributed by atoms with Crippen molar-refractivity contribution in [2.75, 3.05) is 13.2 Å². The van der Waals surface area contributed by atoms with E-state index in [4.69, 9.17) is 15.2 Å². The lowest BCUT2D eigenvalue weighted by molar-refractivity contribution is 0.0550. The molecule has 1 aromatic carbocycles. The van der Waals surface area contributed by atoms with E-state index in [-0.39, 0.29) is 6.10 Å². The molecule has 3 heteroatoms. The van der Waals surface area contributed by atoms with Crippen LogP contribution in [-0.2, 0) is 11.3 Å². The van der Waals surface area contributed by atoms with Crippen LogP contribution in [0.4, 0.5) is 0 Å². The Morgan fingerprint density at radius 2 is 1.71 bits per heavy atom. The lowest BCUT2D eigenvalue weighted by Crippen LogP contribution is -2.12. The van der Waals surface area contributed by atoms with Gasteiger partial charge in [0.25, 0.3) is 0 Å². The first-order valence-electron chi connectivity index (χ1n) is 6.09. The maximum atomic E-state index is 5.75. The second kappa shape index (κ2) is 6.62. The highest BCUT2D eigenvalue weighted by atomic mass is 16.5. The van der Waals surface area contributed by atoms with Gasteiger partial charge in [-0.15, -0.1) is 0 Å². The first kappa shape index (κ1) is 14.0. The smallest absolute Gasteiger partial charge is 0.125 e. The molecule has 96 valence electrons. The van der Waals surface area contributed by atoms with E-state index in [1.807, 2.05) is 27.7 Å². The summed E-state index contributed by atoms with van der Waals surface area (Å²) < 4.78 is 11.2. The summed E-state index contributed by atoms with van der Waals surface area (Å²) in [6.45, 7) is 9.91. The third-order valence-corrected chi connectivity index (χ3v) is 2.54. The van der Waals surface area contributed by atoms with Gasteiger partial charge in [0.05, 0.1) is 12.7 Å². The zero-order chi connectivity index (χ0) is 12.8. The van der Waals surface area contributed by atoms with Crippen LogP contribution >= 0.6 is 0 Å². The molecule has 0 amide bonds. The third-order valence-electron chi connectivity index (χ3n) is 2.54. The second-order valence-corrected chi connectivity index (χ2v) is 4.53. The highest BCUT2D eigenvalue weighted by molar-refractivity contribution is 5.43. The quantitative estimate of drug-likeness (QED) is 0.773. The minimum atomic E-state index is 0.250. The van der Waals surface area contributed by atoms with E-state index in [1.54, 1.807) is 0 Å². The molecule has 0 spiro atoms. The fourth-order valence-corrected chi connectivity index (χ4v) is 1.81. The summed E-state index contributed by atoms with van der Waals surface area (Å²) >= 11 is 0. The molecular formula is C14H23NO2. The highest BCUT2D eigenvalue weighted by Gasteiger charge is 2.06. The van der Waals surface area contributed by atoms with Crippen LogP contribution in [0.15, 0.2) is 12.1 Å². The molecule has 0 aliphatic carbocycles. The van der Waals surface area contributed by atoms with Gasteiger partial charge in [-0.2, -0.15) is 0 Å². The molecule has 0 radical (unpaired) electrons. The largest absolute Gasteiger partial charge is 0.491 e. The van der Waals surface area contributed by atoms with Gasteiger partial charge in [0.15, 0.2) is 0 Å². The monoisotopic (exact) mass is 237 g/mol. The zero-order valence-electron chi connectivity index (χ0n) is 11.2. The van der Waals surface area contributed by atoms with E-state index in [9.17, 15) is 0 Å². The number of ether oxygens (including phenoxy) is 2. The first-order chi connectivity index (χ1) is 8.04. The van der Waals surface area contributed by atoms with Gasteiger partial charge in [-0.05, 0) is 44.4 Å². The maximum Gasteiger partial charge on any atom is 0.125 e. The van der Waals surface area contributed by atoms with E-state index >= 15 is 0 Å². The van der Waals surface area contributed by atoms with Gasteiger partial charge >= 0.3 is 0 Å². The third kappa shape index (κ3) is 4.36. The van der Waals surface area contributed by atoms with Crippen LogP contribution in [0.25, 0.3) is 0 Å². The van der Waals surface area contributed by atoms with Gasteiger partial charge in [-0.1, -0.05) is 12.1 Å². The van der Waals surface area contributed by atoms with E-state index in [1.165, 1.54) is 0 Å². The van der Waals surface area contributed by atoms with Crippen LogP contribution in [0, 0.1) is 13.8 Å². The molecule has 17 heavy (non-hydrogen) atoms. The van der Waals surface area contributed by atoms with Crippen LogP contribution in [0.2, 0.25) is 0 Å². The molecule has 0 aromatic heterocycles. The lowest BCUT2D eigenvalue weighted by Gasteiger charge is -2.14. The van der Waals surface area contributed by atoms with Gasteiger partial charge in [0.2, 0.25) is 0 Å². The van der Waals surface area contributed by atoms with Gasteiger partial charge in [0.1, 0.15) is 12.4 Å². The Hall–Kier alpha value is -1.06. The number of rotatable bonds is 6. The summed E-state index contributed by atoms with van der Waals surface area (Å²) in [6.07, 6.45) is 0.250. The summed E-state index contributed by atoms with van der Waals surface area (Å²) in [5, 5.41) is 0. The molecule has 0 saturated carbocycles. The Morgan fingerprint density at radius 3 is 2.18 bits per heavy atom. The molecular weight excluding hydrogens is 214 g/mol. The van der Waals surface area contributed by atoms with Crippen LogP contribution in [0.3, 0.4) is 0 Å². The SMILES string of the molecule is Cc1cc(CN)cc(C)c1OCCOC(C)C. The predicted molar refractivity (Wildman–Crippen MR) is 70.4 cm³/mol. The summed E-state index contributed by atoms with van der Waals surface area (Å²) in [5.74, 6) is 0.953. The molecule has 2 N–H and O–H groups in total. The van der Waals surface area contributed by atoms with Crippen molar-refractivity contribution in [2.45, 2.75) is 40.3 Å². The van der Waals surface area contributed by atoms with Gasteiger partial charge in [0, 0.05) is 6.54 Å². The minimum Gasteiger partial charge on any atom is -0.491 e. The molecule has 0 bridgehead atoms. The van der Waals surface area contributed by atoms with Gasteiger partial charge in [-0.3, -0.25) is 0 Å². The van der Waals surface area contributed by atoms with Crippen LogP contribution in [0.1, 0.15) is 30.5 Å². The molecule has 1 rings (SSSR count). The first-order valence-corrected chi connectivity index (χ1v) is 6.09. The Kier molecular flexibility index (Phi) is 5.45. The summed E-state index contributed by atoms with van der Waals surface area (Å²) in [7, 11) is 0. The van der Waals surface area contributed by atoms with Crippen LogP contribution in [0.5, 0.6) is 5.75 Å². The predicted octanol–water partition coefficient (Wildman–Crippen LogP) is 2.57. The normalized spacial score (nSPS) is 10.9. The van der Waals surface area contributed by atoms with Gasteiger partial charge in [-0.25, -0.2) is 0 Å². The molecule has 0 aliphatic heterocycles. The van der Waals surface area contributed by atoms with Crippen molar-refractivity contribution >= 4 is 0 Å². The maximum absolute atomic E-state index is 5.75. The van der Waals surface area contributed by atoms with Crippen molar-refractivity contribution in [1.29, 1.82) is 0 Å². The molecule has 0 heterocycles. The number of benzene rings is 1. The van der Waals surface area contributed by atoms with Crippen molar-refractivity contribution in [3.8, 4) is 5.75 Å². The fraction of sp³-hybridized carbons (Fsp3) is 0.571. The molecule has 0 saturated heterocycles. The molecule has 0 fully saturated rings. The second-order valence-electron chi connectivity index (χ2n) is 4.53. The van der Waals surface area contributed by atoms with Crippen molar-refractivity contribution in [1.82, 2.24) is 0 Å². The topological polar surface area (TPSA) is 44.5 Å². The number of aryl methyl sites for hydroxylation is 2. The van der Waals surface area contributed by atoms with Gasteiger partial charge < -0.3 is 15.2 Å². The lowest BCUT2D eigenvalue weighted by atomic mass is 10.1. The minimum absolute atomic E-state index is 0.250. The van der Waals surface area contributed by atoms with E-state index in [2.05, 4.69) is 12.1 Å². The molecule has 0 aliphatic rings. The summed E-state index contributed by atoms with van der Waals surface area (Å²) in [4.78, 5) is 0. The average Bonchev–Trinajstić information content (AvgIpc) is 2.26. The Labute approximate surface area is 104 Å². The van der Waals surface area contributed by atoms with E-state index in [0.717, 1.165) is 22.4 Å². The molecule has 3 nitrogen and oxygen atoms in total. The fourth-order valence-electron chi connectivity index (χ4n) is 1.81. The Balaban J connectivity index is 2.59. The summed E-state index contributed by atoms with van der Waals surface area (Å²) in [5.41, 5.74) is 9.04. The molecule has 0 atom stereocenters. The number of nitrogens with two attached hydrogens (primary N) is 1. The standard InChI is InChI=1S/C14H23NO2/c1-10(2)16-5-6-17-14-11(3)7-13(9-15)8-12(14)4/h7-8,10H,5-6,9,15H2,1-4H3. The molecule has 1 aromatic rings. The van der Waals surface area contributed by atoms with Crippen molar-refractivity contribution in [3.63, 3.8) is 0 Å². The number of hydrogen-bond donors (Lipinski definition) is 1. The molecule has 0 unspecified atom stereocenters. The van der Waals surface area contributed by atoms with Crippen molar-refractivity contribution < 1.29 is 9.47 Å². The summed E-state index contributed by atoms with van der Waals surface area (Å²) in [6, 6.07) is 4.15. The van der Waals surface area contributed by atoms with E-state index < -0.39 is 0 Å². The van der Waals surface area contributed by atoms with Crippen LogP contribution < -0.4 is 10.5 Å². The zero-order valence-corrected chi connectivity index (χ0v) is 11.2. The average molecular weight is 237 g/mol. The Bertz CT molecular complexity index is 338. The Morgan fingerprint density at radius 1 is 1.12 bits per heavy atom. The van der Waals surface area contributed by atoms with Crippen molar-refractivity contribution in [2.24, 2.45) is 5.73 Å².